The Morgan fingerprint density at radius 1 is 1.21 bits per heavy atom. The number of ketones is 2. The monoisotopic (exact) mass is 522 g/mol. The number of aromatic hydroxyl groups is 1. The third-order valence-corrected chi connectivity index (χ3v) is 10.4. The average molecular weight is 523 g/mol. The van der Waals surface area contributed by atoms with E-state index in [0.29, 0.717) is 25.0 Å². The van der Waals surface area contributed by atoms with Crippen LogP contribution in [-0.2, 0) is 19.1 Å². The fourth-order valence-corrected chi connectivity index (χ4v) is 8.80. The maximum absolute atomic E-state index is 14.2. The minimum absolute atomic E-state index is 0.0170. The molecule has 0 spiro atoms. The van der Waals surface area contributed by atoms with E-state index < -0.39 is 29.5 Å². The number of aliphatic hydroxyl groups excluding tert-OH is 1. The van der Waals surface area contributed by atoms with Gasteiger partial charge in [0.15, 0.2) is 17.7 Å². The molecular weight excluding hydrogens is 484 g/mol. The van der Waals surface area contributed by atoms with Crippen molar-refractivity contribution in [2.24, 2.45) is 28.6 Å². The van der Waals surface area contributed by atoms with Gasteiger partial charge in [-0.1, -0.05) is 38.8 Å². The van der Waals surface area contributed by atoms with Crippen LogP contribution in [0.5, 0.6) is 11.5 Å². The number of allylic oxidation sites excluding steroid dienone is 4. The van der Waals surface area contributed by atoms with E-state index in [1.807, 2.05) is 6.08 Å². The van der Waals surface area contributed by atoms with Gasteiger partial charge >= 0.3 is 0 Å². The van der Waals surface area contributed by atoms with E-state index >= 15 is 0 Å². The largest absolute Gasteiger partial charge is 0.508 e. The molecule has 7 heteroatoms. The molecule has 1 aromatic rings. The molecule has 38 heavy (non-hydrogen) atoms. The lowest BCUT2D eigenvalue weighted by atomic mass is 9.46. The Morgan fingerprint density at radius 2 is 1.97 bits per heavy atom. The van der Waals surface area contributed by atoms with E-state index in [4.69, 9.17) is 14.2 Å². The number of aliphatic hydroxyl groups is 1. The summed E-state index contributed by atoms with van der Waals surface area (Å²) in [5.74, 6) is 0.759. The van der Waals surface area contributed by atoms with Crippen molar-refractivity contribution in [3.8, 4) is 11.5 Å². The maximum atomic E-state index is 14.2. The van der Waals surface area contributed by atoms with E-state index in [2.05, 4.69) is 20.8 Å². The van der Waals surface area contributed by atoms with Crippen LogP contribution in [0.2, 0.25) is 0 Å². The molecule has 204 valence electrons. The van der Waals surface area contributed by atoms with Crippen molar-refractivity contribution in [1.29, 1.82) is 0 Å². The van der Waals surface area contributed by atoms with Crippen LogP contribution in [0.3, 0.4) is 0 Å². The third kappa shape index (κ3) is 3.58. The van der Waals surface area contributed by atoms with E-state index in [0.717, 1.165) is 24.8 Å². The molecule has 0 aromatic heterocycles. The van der Waals surface area contributed by atoms with Crippen LogP contribution in [0.4, 0.5) is 0 Å². The molecule has 1 heterocycles. The highest BCUT2D eigenvalue weighted by molar-refractivity contribution is 6.01. The van der Waals surface area contributed by atoms with Crippen molar-refractivity contribution < 1.29 is 34.0 Å². The highest BCUT2D eigenvalue weighted by Gasteiger charge is 2.75. The molecule has 7 nitrogen and oxygen atoms in total. The number of benzene rings is 1. The summed E-state index contributed by atoms with van der Waals surface area (Å²) in [6, 6.07) is 6.32. The molecule has 1 aromatic carbocycles. The Morgan fingerprint density at radius 3 is 2.71 bits per heavy atom. The lowest BCUT2D eigenvalue weighted by Crippen LogP contribution is -2.63. The highest BCUT2D eigenvalue weighted by Crippen LogP contribution is 2.69. The van der Waals surface area contributed by atoms with E-state index in [1.54, 1.807) is 24.3 Å². The number of phenolic OH excluding ortho intramolecular Hbond substituents is 1. The minimum Gasteiger partial charge on any atom is -0.508 e. The van der Waals surface area contributed by atoms with Gasteiger partial charge in [-0.15, -0.1) is 0 Å². The van der Waals surface area contributed by atoms with Crippen molar-refractivity contribution in [3.63, 3.8) is 0 Å². The SMILES string of the molecule is CCCC1O[C@@H]2C[C@H]3[C@@H]4CCC5=CC(=O)C=C[C@]5(C)[C@H]4[C@@H](O)C[C@]3(C)[C@]2(C(=O)COc2ccc(O)cc2)O1. The fourth-order valence-electron chi connectivity index (χ4n) is 8.80. The molecule has 3 saturated carbocycles. The summed E-state index contributed by atoms with van der Waals surface area (Å²) in [5.41, 5.74) is -1.09. The van der Waals surface area contributed by atoms with Crippen LogP contribution in [0.15, 0.2) is 48.1 Å². The zero-order valence-electron chi connectivity index (χ0n) is 22.4. The minimum atomic E-state index is -1.20. The summed E-state index contributed by atoms with van der Waals surface area (Å²) in [6.45, 7) is 6.16. The number of Topliss-reactive ketones (excluding diaryl/α,β-unsaturated/α-hetero) is 1. The zero-order valence-corrected chi connectivity index (χ0v) is 22.4. The first-order valence-electron chi connectivity index (χ1n) is 14.0. The first kappa shape index (κ1) is 25.8. The van der Waals surface area contributed by atoms with Gasteiger partial charge in [-0.25, -0.2) is 0 Å². The summed E-state index contributed by atoms with van der Waals surface area (Å²) in [7, 11) is 0. The number of carbonyl (C=O) groups excluding carboxylic acids is 2. The number of carbonyl (C=O) groups is 2. The van der Waals surface area contributed by atoms with E-state index in [1.165, 1.54) is 12.1 Å². The smallest absolute Gasteiger partial charge is 0.205 e. The van der Waals surface area contributed by atoms with Crippen LogP contribution in [0, 0.1) is 28.6 Å². The van der Waals surface area contributed by atoms with Crippen molar-refractivity contribution >= 4 is 11.6 Å². The third-order valence-electron chi connectivity index (χ3n) is 10.4. The van der Waals surface area contributed by atoms with Crippen molar-refractivity contribution in [3.05, 3.63) is 48.1 Å². The average Bonchev–Trinajstić information content (AvgIpc) is 3.36. The van der Waals surface area contributed by atoms with Crippen molar-refractivity contribution in [2.45, 2.75) is 83.4 Å². The Balaban J connectivity index is 1.34. The number of fused-ring (bicyclic) bond motifs is 7. The molecule has 9 atom stereocenters. The molecule has 4 aliphatic carbocycles. The lowest BCUT2D eigenvalue weighted by molar-refractivity contribution is -0.200. The molecule has 6 rings (SSSR count). The molecule has 0 bridgehead atoms. The Kier molecular flexibility index (Phi) is 6.13. The summed E-state index contributed by atoms with van der Waals surface area (Å²) < 4.78 is 19.0. The Bertz CT molecular complexity index is 1190. The van der Waals surface area contributed by atoms with Crippen LogP contribution >= 0.6 is 0 Å². The van der Waals surface area contributed by atoms with Crippen LogP contribution in [0.25, 0.3) is 0 Å². The van der Waals surface area contributed by atoms with Crippen LogP contribution in [0.1, 0.15) is 59.3 Å². The van der Waals surface area contributed by atoms with Crippen molar-refractivity contribution in [2.75, 3.05) is 6.61 Å². The zero-order chi connectivity index (χ0) is 26.9. The van der Waals surface area contributed by atoms with Gasteiger partial charge in [-0.2, -0.15) is 0 Å². The first-order chi connectivity index (χ1) is 18.1. The van der Waals surface area contributed by atoms with E-state index in [-0.39, 0.29) is 47.1 Å². The Hall–Kier alpha value is -2.48. The molecule has 1 saturated heterocycles. The highest BCUT2D eigenvalue weighted by atomic mass is 16.7. The fraction of sp³-hybridized carbons (Fsp3) is 0.613. The number of hydrogen-bond donors (Lipinski definition) is 2. The summed E-state index contributed by atoms with van der Waals surface area (Å²) in [5, 5.41) is 21.4. The van der Waals surface area contributed by atoms with Gasteiger partial charge in [-0.05, 0) is 80.4 Å². The summed E-state index contributed by atoms with van der Waals surface area (Å²) in [4.78, 5) is 26.3. The standard InChI is InChI=1S/C31H38O7/c1-4-5-27-37-26-15-23-22-11-6-18-14-20(33)12-13-29(18,2)28(22)24(34)16-30(23,3)31(26,38-27)25(35)17-36-21-9-7-19(32)8-10-21/h7-10,12-14,22-24,26-28,32,34H,4-6,11,15-17H2,1-3H3/t22-,23-,24-,26+,27?,28+,29-,30-,31+/m0/s1. The van der Waals surface area contributed by atoms with Crippen molar-refractivity contribution in [1.82, 2.24) is 0 Å². The van der Waals surface area contributed by atoms with Gasteiger partial charge in [0.05, 0.1) is 12.2 Å². The van der Waals surface area contributed by atoms with Gasteiger partial charge in [0.25, 0.3) is 0 Å². The molecule has 0 radical (unpaired) electrons. The van der Waals surface area contributed by atoms with E-state index in [9.17, 15) is 19.8 Å². The molecule has 4 fully saturated rings. The summed E-state index contributed by atoms with van der Waals surface area (Å²) in [6.07, 6.45) is 8.26. The lowest BCUT2D eigenvalue weighted by Gasteiger charge is -2.59. The number of hydrogen-bond acceptors (Lipinski definition) is 7. The van der Waals surface area contributed by atoms with Gasteiger partial charge in [-0.3, -0.25) is 9.59 Å². The molecule has 1 aliphatic heterocycles. The van der Waals surface area contributed by atoms with Gasteiger partial charge < -0.3 is 24.4 Å². The Labute approximate surface area is 223 Å². The van der Waals surface area contributed by atoms with Gasteiger partial charge in [0.2, 0.25) is 5.78 Å². The molecular formula is C31H38O7. The topological polar surface area (TPSA) is 102 Å². The van der Waals surface area contributed by atoms with Crippen LogP contribution < -0.4 is 4.74 Å². The normalized spacial score (nSPS) is 43.1. The van der Waals surface area contributed by atoms with Crippen LogP contribution in [-0.4, -0.2) is 52.5 Å². The second-order valence-corrected chi connectivity index (χ2v) is 12.3. The first-order valence-corrected chi connectivity index (χ1v) is 14.0. The molecule has 2 N–H and O–H groups in total. The number of phenols is 1. The van der Waals surface area contributed by atoms with Gasteiger partial charge in [0.1, 0.15) is 18.1 Å². The maximum Gasteiger partial charge on any atom is 0.205 e. The number of ether oxygens (including phenoxy) is 3. The molecule has 5 aliphatic rings. The molecule has 1 unspecified atom stereocenters. The quantitative estimate of drug-likeness (QED) is 0.567. The second kappa shape index (κ2) is 9.04. The molecule has 0 amide bonds. The van der Waals surface area contributed by atoms with Gasteiger partial charge in [0, 0.05) is 16.7 Å². The second-order valence-electron chi connectivity index (χ2n) is 12.3. The predicted octanol–water partition coefficient (Wildman–Crippen LogP) is 4.51. The number of rotatable bonds is 6. The predicted molar refractivity (Wildman–Crippen MR) is 139 cm³/mol. The summed E-state index contributed by atoms with van der Waals surface area (Å²) >= 11 is 0.